The first-order valence-corrected chi connectivity index (χ1v) is 8.14. The van der Waals surface area contributed by atoms with Crippen LogP contribution in [-0.4, -0.2) is 14.7 Å². The molecule has 0 atom stereocenters. The molecule has 1 aromatic rings. The molecule has 108 valence electrons. The normalized spacial score (nSPS) is 29.6. The average molecular weight is 355 g/mol. The van der Waals surface area contributed by atoms with Crippen molar-refractivity contribution in [1.82, 2.24) is 14.7 Å². The van der Waals surface area contributed by atoms with Gasteiger partial charge < -0.3 is 0 Å². The van der Waals surface area contributed by atoms with Crippen molar-refractivity contribution >= 4 is 27.9 Å². The Balaban J connectivity index is 2.23. The Hall–Kier alpha value is -0.640. The number of nitriles is 1. The Morgan fingerprint density at radius 2 is 1.90 bits per heavy atom. The molecular formula is C14H19BrN4S. The average Bonchev–Trinajstić information content (AvgIpc) is 2.33. The van der Waals surface area contributed by atoms with E-state index < -0.39 is 0 Å². The summed E-state index contributed by atoms with van der Waals surface area (Å²) in [6.45, 7) is 8.46. The Morgan fingerprint density at radius 1 is 1.35 bits per heavy atom. The SMILES string of the molecule is CC1(C#N)CC(NSC(C)(C)C)(c2ncc(Br)cn2)C1. The molecule has 0 saturated heterocycles. The van der Waals surface area contributed by atoms with Gasteiger partial charge in [-0.2, -0.15) is 5.26 Å². The molecule has 20 heavy (non-hydrogen) atoms. The van der Waals surface area contributed by atoms with Crippen LogP contribution in [0.5, 0.6) is 0 Å². The highest BCUT2D eigenvalue weighted by Crippen LogP contribution is 2.54. The van der Waals surface area contributed by atoms with Gasteiger partial charge in [0.2, 0.25) is 0 Å². The minimum Gasteiger partial charge on any atom is -0.250 e. The van der Waals surface area contributed by atoms with Gasteiger partial charge in [0.1, 0.15) is 5.82 Å². The minimum atomic E-state index is -0.302. The molecule has 0 aromatic carbocycles. The van der Waals surface area contributed by atoms with E-state index in [1.54, 1.807) is 24.3 Å². The summed E-state index contributed by atoms with van der Waals surface area (Å²) in [6.07, 6.45) is 4.99. The van der Waals surface area contributed by atoms with E-state index in [2.05, 4.69) is 57.5 Å². The predicted octanol–water partition coefficient (Wildman–Crippen LogP) is 3.79. The minimum absolute atomic E-state index is 0.0982. The predicted molar refractivity (Wildman–Crippen MR) is 84.8 cm³/mol. The molecule has 1 heterocycles. The Labute approximate surface area is 133 Å². The molecule has 1 N–H and O–H groups in total. The first-order chi connectivity index (χ1) is 9.18. The van der Waals surface area contributed by atoms with E-state index in [-0.39, 0.29) is 15.7 Å². The van der Waals surface area contributed by atoms with Gasteiger partial charge in [-0.15, -0.1) is 0 Å². The molecular weight excluding hydrogens is 336 g/mol. The maximum Gasteiger partial charge on any atom is 0.149 e. The van der Waals surface area contributed by atoms with Crippen LogP contribution in [0.25, 0.3) is 0 Å². The van der Waals surface area contributed by atoms with Gasteiger partial charge in [0.05, 0.1) is 21.5 Å². The second-order valence-corrected chi connectivity index (χ2v) is 9.20. The summed E-state index contributed by atoms with van der Waals surface area (Å²) < 4.78 is 4.48. The van der Waals surface area contributed by atoms with Crippen molar-refractivity contribution in [3.05, 3.63) is 22.7 Å². The van der Waals surface area contributed by atoms with Crippen LogP contribution >= 0.6 is 27.9 Å². The van der Waals surface area contributed by atoms with Crippen LogP contribution in [-0.2, 0) is 5.54 Å². The van der Waals surface area contributed by atoms with Gasteiger partial charge in [-0.3, -0.25) is 0 Å². The molecule has 1 aliphatic carbocycles. The third-order valence-corrected chi connectivity index (χ3v) is 4.77. The van der Waals surface area contributed by atoms with Crippen LogP contribution in [0.3, 0.4) is 0 Å². The van der Waals surface area contributed by atoms with Crippen molar-refractivity contribution in [3.63, 3.8) is 0 Å². The summed E-state index contributed by atoms with van der Waals surface area (Å²) in [5.41, 5.74) is -0.592. The number of halogens is 1. The van der Waals surface area contributed by atoms with Crippen molar-refractivity contribution in [2.24, 2.45) is 5.41 Å². The summed E-state index contributed by atoms with van der Waals surface area (Å²) in [5.74, 6) is 0.769. The van der Waals surface area contributed by atoms with E-state index in [1.807, 2.05) is 6.92 Å². The van der Waals surface area contributed by atoms with Crippen LogP contribution in [0.4, 0.5) is 0 Å². The zero-order valence-corrected chi connectivity index (χ0v) is 14.6. The monoisotopic (exact) mass is 354 g/mol. The van der Waals surface area contributed by atoms with Crippen LogP contribution in [0, 0.1) is 16.7 Å². The second kappa shape index (κ2) is 5.28. The lowest BCUT2D eigenvalue weighted by molar-refractivity contribution is 0.0756. The molecule has 0 amide bonds. The van der Waals surface area contributed by atoms with Crippen molar-refractivity contribution in [2.75, 3.05) is 0 Å². The van der Waals surface area contributed by atoms with E-state index in [9.17, 15) is 5.26 Å². The standard InChI is InChI=1S/C14H19BrN4S/c1-12(2,3)20-19-14(7-13(4,8-14)9-16)11-17-5-10(15)6-18-11/h5-6,19H,7-8H2,1-4H3. The number of nitrogens with one attached hydrogen (secondary N) is 1. The first-order valence-electron chi connectivity index (χ1n) is 6.53. The molecule has 1 saturated carbocycles. The van der Waals surface area contributed by atoms with Crippen LogP contribution in [0.1, 0.15) is 46.4 Å². The van der Waals surface area contributed by atoms with Crippen LogP contribution < -0.4 is 4.72 Å². The summed E-state index contributed by atoms with van der Waals surface area (Å²) in [4.78, 5) is 8.86. The summed E-state index contributed by atoms with van der Waals surface area (Å²) in [5, 5.41) is 9.26. The molecule has 1 aromatic heterocycles. The fourth-order valence-electron chi connectivity index (χ4n) is 2.45. The van der Waals surface area contributed by atoms with E-state index in [4.69, 9.17) is 0 Å². The third kappa shape index (κ3) is 3.33. The number of rotatable bonds is 3. The van der Waals surface area contributed by atoms with Crippen molar-refractivity contribution < 1.29 is 0 Å². The number of aromatic nitrogens is 2. The van der Waals surface area contributed by atoms with Crippen molar-refractivity contribution in [1.29, 1.82) is 5.26 Å². The van der Waals surface area contributed by atoms with E-state index in [0.717, 1.165) is 23.1 Å². The summed E-state index contributed by atoms with van der Waals surface area (Å²) in [6, 6.07) is 2.40. The van der Waals surface area contributed by atoms with Gasteiger partial charge in [0.25, 0.3) is 0 Å². The van der Waals surface area contributed by atoms with Crippen molar-refractivity contribution in [2.45, 2.75) is 50.8 Å². The highest BCUT2D eigenvalue weighted by molar-refractivity contribution is 9.10. The number of nitrogens with zero attached hydrogens (tertiary/aromatic N) is 3. The lowest BCUT2D eigenvalue weighted by Crippen LogP contribution is -2.56. The first kappa shape index (κ1) is 15.7. The molecule has 1 fully saturated rings. The van der Waals surface area contributed by atoms with E-state index in [1.165, 1.54) is 0 Å². The number of hydrogen-bond acceptors (Lipinski definition) is 5. The van der Waals surface area contributed by atoms with E-state index in [0.29, 0.717) is 0 Å². The topological polar surface area (TPSA) is 61.6 Å². The summed E-state index contributed by atoms with van der Waals surface area (Å²) in [7, 11) is 0. The molecule has 0 bridgehead atoms. The maximum absolute atomic E-state index is 9.26. The molecule has 2 rings (SSSR count). The number of hydrogen-bond donors (Lipinski definition) is 1. The summed E-state index contributed by atoms with van der Waals surface area (Å²) >= 11 is 5.03. The second-order valence-electron chi connectivity index (χ2n) is 6.65. The smallest absolute Gasteiger partial charge is 0.149 e. The Bertz CT molecular complexity index is 524. The third-order valence-electron chi connectivity index (χ3n) is 3.25. The molecule has 6 heteroatoms. The van der Waals surface area contributed by atoms with Gasteiger partial charge >= 0.3 is 0 Å². The van der Waals surface area contributed by atoms with Crippen LogP contribution in [0.2, 0.25) is 0 Å². The highest BCUT2D eigenvalue weighted by atomic mass is 79.9. The zero-order valence-electron chi connectivity index (χ0n) is 12.2. The Morgan fingerprint density at radius 3 is 2.35 bits per heavy atom. The maximum atomic E-state index is 9.26. The van der Waals surface area contributed by atoms with Gasteiger partial charge in [0, 0.05) is 17.1 Å². The zero-order chi connectivity index (χ0) is 15.0. The molecule has 4 nitrogen and oxygen atoms in total. The molecule has 0 unspecified atom stereocenters. The lowest BCUT2D eigenvalue weighted by atomic mass is 9.59. The fourth-order valence-corrected chi connectivity index (χ4v) is 3.39. The highest BCUT2D eigenvalue weighted by Gasteiger charge is 2.55. The van der Waals surface area contributed by atoms with Crippen LogP contribution in [0.15, 0.2) is 16.9 Å². The molecule has 0 aliphatic heterocycles. The molecule has 0 radical (unpaired) electrons. The molecule has 1 aliphatic rings. The van der Waals surface area contributed by atoms with Gasteiger partial charge in [-0.1, -0.05) is 11.9 Å². The van der Waals surface area contributed by atoms with Gasteiger partial charge in [0.15, 0.2) is 0 Å². The van der Waals surface area contributed by atoms with Crippen molar-refractivity contribution in [3.8, 4) is 6.07 Å². The van der Waals surface area contributed by atoms with Gasteiger partial charge in [-0.25, -0.2) is 14.7 Å². The fraction of sp³-hybridized carbons (Fsp3) is 0.643. The Kier molecular flexibility index (Phi) is 4.16. The van der Waals surface area contributed by atoms with Gasteiger partial charge in [-0.05, 0) is 56.5 Å². The lowest BCUT2D eigenvalue weighted by Gasteiger charge is -2.50. The van der Waals surface area contributed by atoms with E-state index >= 15 is 0 Å². The largest absolute Gasteiger partial charge is 0.250 e. The molecule has 0 spiro atoms. The quantitative estimate of drug-likeness (QED) is 0.836.